The summed E-state index contributed by atoms with van der Waals surface area (Å²) in [5, 5.41) is 0. The molecule has 19 heavy (non-hydrogen) atoms. The average Bonchev–Trinajstić information content (AvgIpc) is 3.02. The van der Waals surface area contributed by atoms with E-state index >= 15 is 0 Å². The maximum atomic E-state index is 12.2. The molecule has 0 aromatic rings. The Morgan fingerprint density at radius 3 is 1.53 bits per heavy atom. The smallest absolute Gasteiger partial charge is 0.144 e. The predicted molar refractivity (Wildman–Crippen MR) is 64.1 cm³/mol. The molecule has 4 rings (SSSR count). The van der Waals surface area contributed by atoms with Gasteiger partial charge >= 0.3 is 0 Å². The Kier molecular flexibility index (Phi) is 2.06. The first kappa shape index (κ1) is 11.5. The average molecular weight is 260 g/mol. The summed E-state index contributed by atoms with van der Waals surface area (Å²) in [5.41, 5.74) is -0.345. The summed E-state index contributed by atoms with van der Waals surface area (Å²) < 4.78 is 0. The molecule has 0 aliphatic heterocycles. The summed E-state index contributed by atoms with van der Waals surface area (Å²) >= 11 is 0. The summed E-state index contributed by atoms with van der Waals surface area (Å²) in [6, 6.07) is 0. The van der Waals surface area contributed by atoms with E-state index in [2.05, 4.69) is 0 Å². The quantitative estimate of drug-likeness (QED) is 0.612. The number of hydrogen-bond acceptors (Lipinski definition) is 4. The van der Waals surface area contributed by atoms with Gasteiger partial charge in [-0.2, -0.15) is 0 Å². The van der Waals surface area contributed by atoms with E-state index in [0.717, 1.165) is 12.8 Å². The fraction of sp³-hybridized carbons (Fsp3) is 0.733. The molecule has 4 nitrogen and oxygen atoms in total. The summed E-state index contributed by atoms with van der Waals surface area (Å²) in [6.07, 6.45) is 3.13. The lowest BCUT2D eigenvalue weighted by Gasteiger charge is -2.34. The second kappa shape index (κ2) is 3.41. The van der Waals surface area contributed by atoms with Gasteiger partial charge in [-0.3, -0.25) is 19.2 Å². The molecule has 4 aliphatic carbocycles. The van der Waals surface area contributed by atoms with E-state index in [9.17, 15) is 19.2 Å². The molecule has 4 fully saturated rings. The zero-order valence-corrected chi connectivity index (χ0v) is 10.7. The fourth-order valence-corrected chi connectivity index (χ4v) is 5.47. The second-order valence-corrected chi connectivity index (χ2v) is 6.70. The molecule has 0 radical (unpaired) electrons. The highest BCUT2D eigenvalue weighted by atomic mass is 16.2. The highest BCUT2D eigenvalue weighted by molar-refractivity contribution is 6.10. The molecule has 4 atom stereocenters. The lowest BCUT2D eigenvalue weighted by molar-refractivity contribution is -0.131. The first-order valence-electron chi connectivity index (χ1n) is 7.15. The molecule has 4 unspecified atom stereocenters. The molecule has 4 saturated carbocycles. The van der Waals surface area contributed by atoms with Crippen LogP contribution >= 0.6 is 0 Å². The zero-order valence-electron chi connectivity index (χ0n) is 10.7. The van der Waals surface area contributed by atoms with Gasteiger partial charge in [-0.15, -0.1) is 0 Å². The third-order valence-corrected chi connectivity index (χ3v) is 6.08. The van der Waals surface area contributed by atoms with Crippen LogP contribution < -0.4 is 0 Å². The molecule has 0 heterocycles. The molecule has 100 valence electrons. The highest BCUT2D eigenvalue weighted by Crippen LogP contribution is 2.65. The molecular formula is C15H16O4. The van der Waals surface area contributed by atoms with Crippen molar-refractivity contribution in [1.82, 2.24) is 0 Å². The first-order chi connectivity index (χ1) is 9.04. The van der Waals surface area contributed by atoms with Gasteiger partial charge in [0.15, 0.2) is 0 Å². The summed E-state index contributed by atoms with van der Waals surface area (Å²) in [4.78, 5) is 48.1. The minimum atomic E-state index is -0.456. The van der Waals surface area contributed by atoms with Crippen molar-refractivity contribution in [2.75, 3.05) is 0 Å². The Bertz CT molecular complexity index is 484. The van der Waals surface area contributed by atoms with Crippen LogP contribution in [-0.2, 0) is 19.2 Å². The number of ketones is 4. The van der Waals surface area contributed by atoms with E-state index in [4.69, 9.17) is 0 Å². The van der Waals surface area contributed by atoms with Gasteiger partial charge in [-0.1, -0.05) is 0 Å². The van der Waals surface area contributed by atoms with Crippen LogP contribution in [0.2, 0.25) is 0 Å². The fourth-order valence-electron chi connectivity index (χ4n) is 5.47. The van der Waals surface area contributed by atoms with E-state index < -0.39 is 11.8 Å². The maximum absolute atomic E-state index is 12.2. The molecule has 4 heteroatoms. The standard InChI is InChI=1S/C15H16O4/c16-9-3-1-7-13(9)11(18)5-15(7)6-12(19)14-8(15)2-4-10(14)17/h7-8,13-14H,1-6H2. The Balaban J connectivity index is 1.79. The van der Waals surface area contributed by atoms with Gasteiger partial charge in [0.1, 0.15) is 23.1 Å². The van der Waals surface area contributed by atoms with Crippen molar-refractivity contribution < 1.29 is 19.2 Å². The van der Waals surface area contributed by atoms with E-state index in [0.29, 0.717) is 25.7 Å². The van der Waals surface area contributed by atoms with Gasteiger partial charge in [0, 0.05) is 25.7 Å². The minimum Gasteiger partial charge on any atom is -0.299 e. The molecule has 0 N–H and O–H groups in total. The van der Waals surface area contributed by atoms with Crippen molar-refractivity contribution in [3.63, 3.8) is 0 Å². The number of fused-ring (bicyclic) bond motifs is 4. The Labute approximate surface area is 110 Å². The van der Waals surface area contributed by atoms with E-state index in [-0.39, 0.29) is 40.4 Å². The zero-order chi connectivity index (χ0) is 13.4. The normalized spacial score (nSPS) is 48.4. The lowest BCUT2D eigenvalue weighted by atomic mass is 9.67. The molecular weight excluding hydrogens is 244 g/mol. The van der Waals surface area contributed by atoms with Crippen LogP contribution in [-0.4, -0.2) is 23.1 Å². The van der Waals surface area contributed by atoms with Gasteiger partial charge in [-0.25, -0.2) is 0 Å². The third-order valence-electron chi connectivity index (χ3n) is 6.08. The molecule has 0 saturated heterocycles. The van der Waals surface area contributed by atoms with E-state index in [1.54, 1.807) is 0 Å². The molecule has 0 aromatic heterocycles. The van der Waals surface area contributed by atoms with Gasteiger partial charge in [0.2, 0.25) is 0 Å². The van der Waals surface area contributed by atoms with Crippen LogP contribution in [0.15, 0.2) is 0 Å². The third kappa shape index (κ3) is 1.20. The summed E-state index contributed by atoms with van der Waals surface area (Å²) in [5.74, 6) is -0.654. The predicted octanol–water partition coefficient (Wildman–Crippen LogP) is 1.11. The number of hydrogen-bond donors (Lipinski definition) is 0. The van der Waals surface area contributed by atoms with Crippen molar-refractivity contribution in [1.29, 1.82) is 0 Å². The Morgan fingerprint density at radius 1 is 0.684 bits per heavy atom. The molecule has 1 spiro atoms. The first-order valence-corrected chi connectivity index (χ1v) is 7.15. The molecule has 4 aliphatic rings. The molecule has 0 bridgehead atoms. The van der Waals surface area contributed by atoms with Gasteiger partial charge in [0.25, 0.3) is 0 Å². The number of rotatable bonds is 0. The highest BCUT2D eigenvalue weighted by Gasteiger charge is 2.68. The van der Waals surface area contributed by atoms with Crippen molar-refractivity contribution in [2.45, 2.75) is 38.5 Å². The van der Waals surface area contributed by atoms with Gasteiger partial charge < -0.3 is 0 Å². The van der Waals surface area contributed by atoms with Crippen LogP contribution in [0.25, 0.3) is 0 Å². The largest absolute Gasteiger partial charge is 0.299 e. The minimum absolute atomic E-state index is 0.0281. The monoisotopic (exact) mass is 260 g/mol. The number of carbonyl (C=O) groups is 4. The Hall–Kier alpha value is -1.32. The van der Waals surface area contributed by atoms with Crippen molar-refractivity contribution in [3.05, 3.63) is 0 Å². The second-order valence-electron chi connectivity index (χ2n) is 6.70. The SMILES string of the molecule is O=C1CCC2C1C(=O)CC21CC(=O)C2C(=O)CCC21. The molecule has 0 aromatic carbocycles. The van der Waals surface area contributed by atoms with Crippen molar-refractivity contribution >= 4 is 23.1 Å². The van der Waals surface area contributed by atoms with Crippen LogP contribution in [0.3, 0.4) is 0 Å². The van der Waals surface area contributed by atoms with Gasteiger partial charge in [-0.05, 0) is 30.1 Å². The Morgan fingerprint density at radius 2 is 1.11 bits per heavy atom. The molecule has 0 amide bonds. The van der Waals surface area contributed by atoms with Crippen LogP contribution in [0.5, 0.6) is 0 Å². The van der Waals surface area contributed by atoms with Crippen molar-refractivity contribution in [2.24, 2.45) is 29.1 Å². The van der Waals surface area contributed by atoms with Crippen molar-refractivity contribution in [3.8, 4) is 0 Å². The lowest BCUT2D eigenvalue weighted by Crippen LogP contribution is -2.31. The topological polar surface area (TPSA) is 68.3 Å². The number of Topliss-reactive ketones (excluding diaryl/α,β-unsaturated/α-hetero) is 4. The summed E-state index contributed by atoms with van der Waals surface area (Å²) in [6.45, 7) is 0. The number of carbonyl (C=O) groups excluding carboxylic acids is 4. The van der Waals surface area contributed by atoms with Crippen LogP contribution in [0, 0.1) is 29.1 Å². The van der Waals surface area contributed by atoms with Crippen LogP contribution in [0.1, 0.15) is 38.5 Å². The van der Waals surface area contributed by atoms with E-state index in [1.807, 2.05) is 0 Å². The van der Waals surface area contributed by atoms with Crippen LogP contribution in [0.4, 0.5) is 0 Å². The maximum Gasteiger partial charge on any atom is 0.144 e. The van der Waals surface area contributed by atoms with Gasteiger partial charge in [0.05, 0.1) is 11.8 Å². The van der Waals surface area contributed by atoms with E-state index in [1.165, 1.54) is 0 Å². The summed E-state index contributed by atoms with van der Waals surface area (Å²) in [7, 11) is 0.